The largest absolute Gasteiger partial charge is 0.326 e. The molecule has 1 fully saturated rings. The average molecular weight is 298 g/mol. The number of anilines is 1. The van der Waals surface area contributed by atoms with Crippen molar-refractivity contribution in [2.24, 2.45) is 5.73 Å². The van der Waals surface area contributed by atoms with Crippen molar-refractivity contribution in [2.45, 2.75) is 32.4 Å². The molecule has 1 aromatic carbocycles. The second-order valence-electron chi connectivity index (χ2n) is 5.48. The molecule has 1 amide bonds. The lowest BCUT2D eigenvalue weighted by Gasteiger charge is -2.29. The summed E-state index contributed by atoms with van der Waals surface area (Å²) in [6.07, 6.45) is 0.986. The molecule has 0 aliphatic carbocycles. The molecule has 4 nitrogen and oxygen atoms in total. The van der Waals surface area contributed by atoms with Gasteiger partial charge >= 0.3 is 0 Å². The molecule has 2 N–H and O–H groups in total. The first-order valence-corrected chi connectivity index (χ1v) is 6.93. The average Bonchev–Trinajstić information content (AvgIpc) is 2.75. The van der Waals surface area contributed by atoms with Crippen molar-refractivity contribution in [3.05, 3.63) is 30.3 Å². The Morgan fingerprint density at radius 3 is 2.55 bits per heavy atom. The van der Waals surface area contributed by atoms with E-state index in [1.807, 2.05) is 49.1 Å². The minimum atomic E-state index is 0. The number of hydrogen-bond donors (Lipinski definition) is 1. The molecule has 0 aromatic heterocycles. The van der Waals surface area contributed by atoms with Crippen LogP contribution in [-0.2, 0) is 4.79 Å². The number of halogens is 1. The van der Waals surface area contributed by atoms with Gasteiger partial charge in [-0.15, -0.1) is 12.4 Å². The monoisotopic (exact) mass is 297 g/mol. The molecule has 2 rings (SSSR count). The number of carbonyl (C=O) groups is 1. The molecule has 0 radical (unpaired) electrons. The summed E-state index contributed by atoms with van der Waals surface area (Å²) in [5.74, 6) is 0.148. The highest BCUT2D eigenvalue weighted by atomic mass is 35.5. The zero-order valence-electron chi connectivity index (χ0n) is 12.2. The van der Waals surface area contributed by atoms with Gasteiger partial charge in [0.05, 0.1) is 6.54 Å². The summed E-state index contributed by atoms with van der Waals surface area (Å²) in [4.78, 5) is 16.5. The Bertz CT molecular complexity index is 424. The van der Waals surface area contributed by atoms with E-state index in [1.54, 1.807) is 0 Å². The summed E-state index contributed by atoms with van der Waals surface area (Å²) in [5.41, 5.74) is 6.85. The topological polar surface area (TPSA) is 49.6 Å². The zero-order valence-corrected chi connectivity index (χ0v) is 13.0. The molecule has 1 atom stereocenters. The van der Waals surface area contributed by atoms with Gasteiger partial charge < -0.3 is 10.6 Å². The number of rotatable bonds is 4. The van der Waals surface area contributed by atoms with Crippen LogP contribution in [0, 0.1) is 0 Å². The second kappa shape index (κ2) is 7.62. The third kappa shape index (κ3) is 4.20. The van der Waals surface area contributed by atoms with Gasteiger partial charge in [-0.2, -0.15) is 0 Å². The van der Waals surface area contributed by atoms with Gasteiger partial charge in [0, 0.05) is 30.9 Å². The molecular formula is C15H24ClN3O. The van der Waals surface area contributed by atoms with Crippen LogP contribution in [0.5, 0.6) is 0 Å². The van der Waals surface area contributed by atoms with Crippen LogP contribution in [-0.4, -0.2) is 42.5 Å². The van der Waals surface area contributed by atoms with E-state index >= 15 is 0 Å². The highest BCUT2D eigenvalue weighted by molar-refractivity contribution is 5.95. The van der Waals surface area contributed by atoms with E-state index in [-0.39, 0.29) is 30.4 Å². The number of nitrogens with zero attached hydrogens (tertiary/aromatic N) is 2. The fourth-order valence-corrected chi connectivity index (χ4v) is 2.59. The SMILES string of the molecule is CC(C)N(C(=O)CN1CC[C@@H](N)C1)c1ccccc1.Cl. The Hall–Kier alpha value is -1.10. The van der Waals surface area contributed by atoms with E-state index in [4.69, 9.17) is 5.73 Å². The number of nitrogens with two attached hydrogens (primary N) is 1. The van der Waals surface area contributed by atoms with E-state index in [0.717, 1.165) is 25.2 Å². The molecule has 0 saturated carbocycles. The Morgan fingerprint density at radius 2 is 2.05 bits per heavy atom. The molecule has 0 unspecified atom stereocenters. The van der Waals surface area contributed by atoms with E-state index in [9.17, 15) is 4.79 Å². The van der Waals surface area contributed by atoms with Gasteiger partial charge in [0.25, 0.3) is 0 Å². The number of para-hydroxylation sites is 1. The summed E-state index contributed by atoms with van der Waals surface area (Å²) in [6.45, 7) is 6.29. The van der Waals surface area contributed by atoms with Gasteiger partial charge in [-0.3, -0.25) is 9.69 Å². The zero-order chi connectivity index (χ0) is 13.8. The fraction of sp³-hybridized carbons (Fsp3) is 0.533. The summed E-state index contributed by atoms with van der Waals surface area (Å²) < 4.78 is 0. The maximum absolute atomic E-state index is 12.5. The van der Waals surface area contributed by atoms with Crippen LogP contribution in [0.3, 0.4) is 0 Å². The van der Waals surface area contributed by atoms with Crippen LogP contribution < -0.4 is 10.6 Å². The van der Waals surface area contributed by atoms with Crippen LogP contribution in [0.4, 0.5) is 5.69 Å². The number of hydrogen-bond acceptors (Lipinski definition) is 3. The maximum atomic E-state index is 12.5. The number of carbonyl (C=O) groups excluding carboxylic acids is 1. The van der Waals surface area contributed by atoms with Crippen molar-refractivity contribution in [1.29, 1.82) is 0 Å². The van der Waals surface area contributed by atoms with Crippen molar-refractivity contribution in [1.82, 2.24) is 4.90 Å². The number of likely N-dealkylation sites (tertiary alicyclic amines) is 1. The smallest absolute Gasteiger partial charge is 0.241 e. The van der Waals surface area contributed by atoms with Crippen LogP contribution in [0.2, 0.25) is 0 Å². The molecule has 5 heteroatoms. The van der Waals surface area contributed by atoms with Crippen molar-refractivity contribution in [3.63, 3.8) is 0 Å². The van der Waals surface area contributed by atoms with E-state index < -0.39 is 0 Å². The van der Waals surface area contributed by atoms with Crippen molar-refractivity contribution in [3.8, 4) is 0 Å². The van der Waals surface area contributed by atoms with E-state index in [1.165, 1.54) is 0 Å². The Morgan fingerprint density at radius 1 is 1.40 bits per heavy atom. The molecule has 1 heterocycles. The fourth-order valence-electron chi connectivity index (χ4n) is 2.59. The third-order valence-electron chi connectivity index (χ3n) is 3.49. The first-order valence-electron chi connectivity index (χ1n) is 6.93. The molecule has 1 aliphatic heterocycles. The van der Waals surface area contributed by atoms with Gasteiger partial charge in [0.1, 0.15) is 0 Å². The molecule has 1 aromatic rings. The maximum Gasteiger partial charge on any atom is 0.241 e. The molecule has 0 bridgehead atoms. The van der Waals surface area contributed by atoms with Crippen molar-refractivity contribution < 1.29 is 4.79 Å². The summed E-state index contributed by atoms with van der Waals surface area (Å²) >= 11 is 0. The number of benzene rings is 1. The first-order chi connectivity index (χ1) is 9.08. The first kappa shape index (κ1) is 17.0. The van der Waals surface area contributed by atoms with E-state index in [0.29, 0.717) is 6.54 Å². The van der Waals surface area contributed by atoms with Gasteiger partial charge in [-0.05, 0) is 32.4 Å². The lowest BCUT2D eigenvalue weighted by molar-refractivity contribution is -0.119. The summed E-state index contributed by atoms with van der Waals surface area (Å²) in [5, 5.41) is 0. The van der Waals surface area contributed by atoms with Gasteiger partial charge in [-0.25, -0.2) is 0 Å². The minimum Gasteiger partial charge on any atom is -0.326 e. The number of amides is 1. The lowest BCUT2D eigenvalue weighted by atomic mass is 10.2. The second-order valence-corrected chi connectivity index (χ2v) is 5.48. The minimum absolute atomic E-state index is 0. The predicted molar refractivity (Wildman–Crippen MR) is 85.3 cm³/mol. The van der Waals surface area contributed by atoms with Crippen LogP contribution in [0.15, 0.2) is 30.3 Å². The third-order valence-corrected chi connectivity index (χ3v) is 3.49. The van der Waals surface area contributed by atoms with Crippen LogP contribution >= 0.6 is 12.4 Å². The summed E-state index contributed by atoms with van der Waals surface area (Å²) in [7, 11) is 0. The van der Waals surface area contributed by atoms with Crippen molar-refractivity contribution in [2.75, 3.05) is 24.5 Å². The molecular weight excluding hydrogens is 274 g/mol. The Kier molecular flexibility index (Phi) is 6.46. The van der Waals surface area contributed by atoms with Crippen LogP contribution in [0.25, 0.3) is 0 Å². The molecule has 112 valence electrons. The quantitative estimate of drug-likeness (QED) is 0.923. The predicted octanol–water partition coefficient (Wildman–Crippen LogP) is 1.88. The highest BCUT2D eigenvalue weighted by Gasteiger charge is 2.25. The molecule has 1 saturated heterocycles. The lowest BCUT2D eigenvalue weighted by Crippen LogP contribution is -2.43. The standard InChI is InChI=1S/C15H23N3O.ClH/c1-12(2)18(14-6-4-3-5-7-14)15(19)11-17-9-8-13(16)10-17;/h3-7,12-13H,8-11,16H2,1-2H3;1H/t13-;/m1./s1. The van der Waals surface area contributed by atoms with Gasteiger partial charge in [-0.1, -0.05) is 18.2 Å². The summed E-state index contributed by atoms with van der Waals surface area (Å²) in [6, 6.07) is 10.2. The molecule has 20 heavy (non-hydrogen) atoms. The Labute approximate surface area is 127 Å². The van der Waals surface area contributed by atoms with Crippen molar-refractivity contribution >= 4 is 24.0 Å². The van der Waals surface area contributed by atoms with Gasteiger partial charge in [0.2, 0.25) is 5.91 Å². The van der Waals surface area contributed by atoms with Crippen LogP contribution in [0.1, 0.15) is 20.3 Å². The van der Waals surface area contributed by atoms with E-state index in [2.05, 4.69) is 4.90 Å². The van der Waals surface area contributed by atoms with Gasteiger partial charge in [0.15, 0.2) is 0 Å². The normalized spacial score (nSPS) is 18.9. The molecule has 1 aliphatic rings. The molecule has 0 spiro atoms. The Balaban J connectivity index is 0.00000200. The highest BCUT2D eigenvalue weighted by Crippen LogP contribution is 2.17.